The largest absolute Gasteiger partial charge is 0.311 e. The van der Waals surface area contributed by atoms with Gasteiger partial charge in [-0.25, -0.2) is 4.98 Å². The molecule has 0 bridgehead atoms. The average Bonchev–Trinajstić information content (AvgIpc) is 2.87. The Morgan fingerprint density at radius 2 is 2.16 bits per heavy atom. The van der Waals surface area contributed by atoms with Crippen molar-refractivity contribution >= 4 is 11.3 Å². The Bertz CT molecular complexity index is 533. The molecule has 0 amide bonds. The van der Waals surface area contributed by atoms with Gasteiger partial charge in [-0.3, -0.25) is 0 Å². The summed E-state index contributed by atoms with van der Waals surface area (Å²) in [5.41, 5.74) is 2.83. The first kappa shape index (κ1) is 12.8. The summed E-state index contributed by atoms with van der Waals surface area (Å²) >= 11 is 1.90. The van der Waals surface area contributed by atoms with E-state index in [4.69, 9.17) is 4.98 Å². The fourth-order valence-electron chi connectivity index (χ4n) is 2.75. The van der Waals surface area contributed by atoms with Crippen molar-refractivity contribution in [3.8, 4) is 0 Å². The molecule has 2 aromatic rings. The minimum Gasteiger partial charge on any atom is -0.311 e. The average molecular weight is 272 g/mol. The molecule has 1 aliphatic rings. The Morgan fingerprint density at radius 3 is 2.95 bits per heavy atom. The van der Waals surface area contributed by atoms with Crippen LogP contribution < -0.4 is 5.32 Å². The van der Waals surface area contributed by atoms with Crippen LogP contribution in [0, 0.1) is 0 Å². The van der Waals surface area contributed by atoms with Crippen molar-refractivity contribution < 1.29 is 0 Å². The summed E-state index contributed by atoms with van der Waals surface area (Å²) in [7, 11) is 0. The van der Waals surface area contributed by atoms with Gasteiger partial charge in [-0.1, -0.05) is 37.3 Å². The highest BCUT2D eigenvalue weighted by Gasteiger charge is 2.23. The fraction of sp³-hybridized carbons (Fsp3) is 0.438. The minimum atomic E-state index is 0.682. The second-order valence-electron chi connectivity index (χ2n) is 5.11. The Balaban J connectivity index is 1.75. The first-order valence-electron chi connectivity index (χ1n) is 7.10. The highest BCUT2D eigenvalue weighted by atomic mass is 32.1. The zero-order chi connectivity index (χ0) is 13.1. The molecule has 19 heavy (non-hydrogen) atoms. The van der Waals surface area contributed by atoms with Gasteiger partial charge in [0, 0.05) is 11.4 Å². The first-order chi connectivity index (χ1) is 9.36. The standard InChI is InChI=1S/C16H20N2S/c1-2-17-11-16-18-14-9-8-13(10-15(14)19-16)12-6-4-3-5-7-12/h3-7,13,17H,2,8-11H2,1H3. The van der Waals surface area contributed by atoms with Crippen LogP contribution in [0.1, 0.15) is 40.4 Å². The van der Waals surface area contributed by atoms with E-state index in [1.807, 2.05) is 11.3 Å². The highest BCUT2D eigenvalue weighted by molar-refractivity contribution is 7.11. The minimum absolute atomic E-state index is 0.682. The zero-order valence-corrected chi connectivity index (χ0v) is 12.2. The molecule has 3 rings (SSSR count). The first-order valence-corrected chi connectivity index (χ1v) is 7.91. The summed E-state index contributed by atoms with van der Waals surface area (Å²) in [5, 5.41) is 4.62. The summed E-state index contributed by atoms with van der Waals surface area (Å²) in [4.78, 5) is 6.28. The molecule has 100 valence electrons. The van der Waals surface area contributed by atoms with Crippen LogP contribution in [0.15, 0.2) is 30.3 Å². The van der Waals surface area contributed by atoms with E-state index < -0.39 is 0 Å². The van der Waals surface area contributed by atoms with Crippen molar-refractivity contribution in [2.24, 2.45) is 0 Å². The highest BCUT2D eigenvalue weighted by Crippen LogP contribution is 2.35. The van der Waals surface area contributed by atoms with E-state index in [0.717, 1.165) is 19.5 Å². The summed E-state index contributed by atoms with van der Waals surface area (Å²) in [6.45, 7) is 4.07. The molecule has 1 N–H and O–H groups in total. The quantitative estimate of drug-likeness (QED) is 0.921. The predicted octanol–water partition coefficient (Wildman–Crippen LogP) is 3.53. The maximum absolute atomic E-state index is 4.77. The van der Waals surface area contributed by atoms with E-state index in [0.29, 0.717) is 5.92 Å². The van der Waals surface area contributed by atoms with Gasteiger partial charge >= 0.3 is 0 Å². The van der Waals surface area contributed by atoms with E-state index in [9.17, 15) is 0 Å². The lowest BCUT2D eigenvalue weighted by atomic mass is 9.85. The van der Waals surface area contributed by atoms with E-state index in [1.54, 1.807) is 0 Å². The number of fused-ring (bicyclic) bond motifs is 1. The Hall–Kier alpha value is -1.19. The second kappa shape index (κ2) is 5.85. The third-order valence-corrected chi connectivity index (χ3v) is 4.90. The summed E-state index contributed by atoms with van der Waals surface area (Å²) in [5.74, 6) is 0.682. The topological polar surface area (TPSA) is 24.9 Å². The van der Waals surface area contributed by atoms with Crippen LogP contribution in [-0.4, -0.2) is 11.5 Å². The Kier molecular flexibility index (Phi) is 3.95. The molecule has 0 aliphatic heterocycles. The van der Waals surface area contributed by atoms with Crippen LogP contribution in [-0.2, 0) is 19.4 Å². The van der Waals surface area contributed by atoms with Crippen molar-refractivity contribution in [1.29, 1.82) is 0 Å². The molecule has 0 saturated heterocycles. The molecule has 0 fully saturated rings. The van der Waals surface area contributed by atoms with Gasteiger partial charge in [0.1, 0.15) is 5.01 Å². The molecular weight excluding hydrogens is 252 g/mol. The Labute approximate surface area is 118 Å². The third-order valence-electron chi connectivity index (χ3n) is 3.78. The molecule has 1 unspecified atom stereocenters. The number of hydrogen-bond acceptors (Lipinski definition) is 3. The third kappa shape index (κ3) is 2.88. The number of benzene rings is 1. The lowest BCUT2D eigenvalue weighted by Gasteiger charge is -2.21. The molecular formula is C16H20N2S. The van der Waals surface area contributed by atoms with E-state index in [1.165, 1.54) is 34.0 Å². The molecule has 3 heteroatoms. The fourth-order valence-corrected chi connectivity index (χ4v) is 3.91. The van der Waals surface area contributed by atoms with Gasteiger partial charge in [0.25, 0.3) is 0 Å². The van der Waals surface area contributed by atoms with Crippen molar-refractivity contribution in [2.75, 3.05) is 6.54 Å². The summed E-state index contributed by atoms with van der Waals surface area (Å²) < 4.78 is 0. The maximum atomic E-state index is 4.77. The van der Waals surface area contributed by atoms with Gasteiger partial charge in [0.05, 0.1) is 5.69 Å². The van der Waals surface area contributed by atoms with Crippen molar-refractivity contribution in [3.05, 3.63) is 51.5 Å². The van der Waals surface area contributed by atoms with Gasteiger partial charge in [-0.15, -0.1) is 11.3 Å². The number of hydrogen-bond donors (Lipinski definition) is 1. The van der Waals surface area contributed by atoms with Crippen LogP contribution in [0.5, 0.6) is 0 Å². The van der Waals surface area contributed by atoms with Gasteiger partial charge in [0.2, 0.25) is 0 Å². The summed E-state index contributed by atoms with van der Waals surface area (Å²) in [6.07, 6.45) is 3.54. The molecule has 0 saturated carbocycles. The van der Waals surface area contributed by atoms with E-state index in [-0.39, 0.29) is 0 Å². The molecule has 0 radical (unpaired) electrons. The predicted molar refractivity (Wildman–Crippen MR) is 80.7 cm³/mol. The zero-order valence-electron chi connectivity index (χ0n) is 11.4. The molecule has 1 atom stereocenters. The lowest BCUT2D eigenvalue weighted by Crippen LogP contribution is -2.12. The molecule has 1 heterocycles. The van der Waals surface area contributed by atoms with Crippen LogP contribution in [0.25, 0.3) is 0 Å². The molecule has 1 aromatic carbocycles. The SMILES string of the molecule is CCNCc1nc2c(s1)CC(c1ccccc1)CC2. The monoisotopic (exact) mass is 272 g/mol. The van der Waals surface area contributed by atoms with Gasteiger partial charge < -0.3 is 5.32 Å². The van der Waals surface area contributed by atoms with Gasteiger partial charge in [0.15, 0.2) is 0 Å². The Morgan fingerprint density at radius 1 is 1.32 bits per heavy atom. The van der Waals surface area contributed by atoms with Crippen LogP contribution in [0.3, 0.4) is 0 Å². The van der Waals surface area contributed by atoms with Crippen molar-refractivity contribution in [2.45, 2.75) is 38.6 Å². The number of nitrogens with zero attached hydrogens (tertiary/aromatic N) is 1. The van der Waals surface area contributed by atoms with Gasteiger partial charge in [-0.05, 0) is 37.3 Å². The van der Waals surface area contributed by atoms with Gasteiger partial charge in [-0.2, -0.15) is 0 Å². The molecule has 2 nitrogen and oxygen atoms in total. The number of aromatic nitrogens is 1. The normalized spacial score (nSPS) is 18.3. The molecule has 1 aromatic heterocycles. The van der Waals surface area contributed by atoms with Crippen molar-refractivity contribution in [1.82, 2.24) is 10.3 Å². The van der Waals surface area contributed by atoms with E-state index in [2.05, 4.69) is 42.6 Å². The summed E-state index contributed by atoms with van der Waals surface area (Å²) in [6, 6.07) is 10.9. The lowest BCUT2D eigenvalue weighted by molar-refractivity contribution is 0.583. The van der Waals surface area contributed by atoms with Crippen molar-refractivity contribution in [3.63, 3.8) is 0 Å². The molecule has 0 spiro atoms. The van der Waals surface area contributed by atoms with E-state index >= 15 is 0 Å². The number of nitrogens with one attached hydrogen (secondary N) is 1. The second-order valence-corrected chi connectivity index (χ2v) is 6.28. The van der Waals surface area contributed by atoms with Crippen LogP contribution in [0.2, 0.25) is 0 Å². The van der Waals surface area contributed by atoms with Crippen LogP contribution >= 0.6 is 11.3 Å². The number of thiazole rings is 1. The number of aryl methyl sites for hydroxylation is 1. The smallest absolute Gasteiger partial charge is 0.107 e. The number of rotatable bonds is 4. The van der Waals surface area contributed by atoms with Crippen LogP contribution in [0.4, 0.5) is 0 Å². The molecule has 1 aliphatic carbocycles. The maximum Gasteiger partial charge on any atom is 0.107 e.